The SMILES string of the molecule is O=C(CN1CCCC(CN2CCCC2)C1)C1CCC(c2ccnc3cnc4[nH]ccc4c23)CC1. The molecule has 2 aliphatic heterocycles. The molecule has 0 amide bonds. The second kappa shape index (κ2) is 9.74. The van der Waals surface area contributed by atoms with E-state index in [4.69, 9.17) is 0 Å². The van der Waals surface area contributed by atoms with E-state index in [1.807, 2.05) is 18.6 Å². The fourth-order valence-corrected chi connectivity index (χ4v) is 6.87. The number of ketones is 1. The quantitative estimate of drug-likeness (QED) is 0.576. The van der Waals surface area contributed by atoms with E-state index < -0.39 is 0 Å². The molecule has 5 heterocycles. The standard InChI is InChI=1S/C28H37N5O/c34-26(19-33-15-3-4-20(18-33)17-32-13-1-2-14-32)22-7-5-21(6-8-22)23-9-11-29-25-16-31-28-24(27(23)25)10-12-30-28/h9-12,16,20-22H,1-8,13-15,17-19H2,(H,30,31). The summed E-state index contributed by atoms with van der Waals surface area (Å²) in [6.07, 6.45) is 15.3. The maximum atomic E-state index is 13.2. The number of hydrogen-bond donors (Lipinski definition) is 1. The first-order valence-electron chi connectivity index (χ1n) is 13.4. The van der Waals surface area contributed by atoms with Crippen molar-refractivity contribution in [3.63, 3.8) is 0 Å². The van der Waals surface area contributed by atoms with Gasteiger partial charge in [0.1, 0.15) is 11.4 Å². The second-order valence-electron chi connectivity index (χ2n) is 10.9. The summed E-state index contributed by atoms with van der Waals surface area (Å²) in [5, 5.41) is 2.40. The fourth-order valence-electron chi connectivity index (χ4n) is 6.87. The van der Waals surface area contributed by atoms with Crippen LogP contribution in [0.15, 0.2) is 30.7 Å². The van der Waals surface area contributed by atoms with Gasteiger partial charge in [-0.15, -0.1) is 0 Å². The number of pyridine rings is 2. The van der Waals surface area contributed by atoms with E-state index in [0.717, 1.165) is 61.2 Å². The highest BCUT2D eigenvalue weighted by molar-refractivity contribution is 6.05. The van der Waals surface area contributed by atoms with Gasteiger partial charge in [0.25, 0.3) is 0 Å². The Morgan fingerprint density at radius 1 is 0.971 bits per heavy atom. The summed E-state index contributed by atoms with van der Waals surface area (Å²) < 4.78 is 0. The van der Waals surface area contributed by atoms with Crippen LogP contribution in [0.4, 0.5) is 0 Å². The number of carbonyl (C=O) groups excluding carboxylic acids is 1. The Balaban J connectivity index is 1.07. The number of nitrogens with zero attached hydrogens (tertiary/aromatic N) is 4. The topological polar surface area (TPSA) is 65.1 Å². The van der Waals surface area contributed by atoms with E-state index in [0.29, 0.717) is 18.2 Å². The molecule has 1 N–H and O–H groups in total. The van der Waals surface area contributed by atoms with Gasteiger partial charge in [0.2, 0.25) is 0 Å². The summed E-state index contributed by atoms with van der Waals surface area (Å²) in [4.78, 5) is 30.7. The molecule has 2 saturated heterocycles. The molecule has 6 rings (SSSR count). The van der Waals surface area contributed by atoms with Gasteiger partial charge in [0.15, 0.2) is 0 Å². The molecule has 0 radical (unpaired) electrons. The number of hydrogen-bond acceptors (Lipinski definition) is 5. The van der Waals surface area contributed by atoms with E-state index >= 15 is 0 Å². The Bertz CT molecular complexity index is 1140. The van der Waals surface area contributed by atoms with Gasteiger partial charge in [0.05, 0.1) is 18.3 Å². The van der Waals surface area contributed by atoms with Crippen molar-refractivity contribution >= 4 is 27.7 Å². The van der Waals surface area contributed by atoms with Crippen LogP contribution in [0, 0.1) is 11.8 Å². The minimum Gasteiger partial charge on any atom is -0.346 e. The number of carbonyl (C=O) groups is 1. The van der Waals surface area contributed by atoms with E-state index in [-0.39, 0.29) is 5.92 Å². The first-order valence-corrected chi connectivity index (χ1v) is 13.4. The van der Waals surface area contributed by atoms with Crippen molar-refractivity contribution < 1.29 is 4.79 Å². The molecule has 3 fully saturated rings. The molecule has 1 atom stereocenters. The Hall–Kier alpha value is -2.31. The van der Waals surface area contributed by atoms with Crippen LogP contribution in [0.1, 0.15) is 62.8 Å². The lowest BCUT2D eigenvalue weighted by Gasteiger charge is -2.35. The van der Waals surface area contributed by atoms with Gasteiger partial charge >= 0.3 is 0 Å². The predicted molar refractivity (Wildman–Crippen MR) is 136 cm³/mol. The summed E-state index contributed by atoms with van der Waals surface area (Å²) >= 11 is 0. The number of aromatic amines is 1. The van der Waals surface area contributed by atoms with Gasteiger partial charge in [-0.25, -0.2) is 4.98 Å². The van der Waals surface area contributed by atoms with Crippen LogP contribution in [0.3, 0.4) is 0 Å². The number of fused-ring (bicyclic) bond motifs is 3. The van der Waals surface area contributed by atoms with Crippen molar-refractivity contribution in [2.75, 3.05) is 39.3 Å². The molecule has 0 spiro atoms. The van der Waals surface area contributed by atoms with Crippen LogP contribution in [0.2, 0.25) is 0 Å². The molecule has 1 unspecified atom stereocenters. The van der Waals surface area contributed by atoms with E-state index in [9.17, 15) is 4.79 Å². The van der Waals surface area contributed by atoms with Crippen molar-refractivity contribution in [1.29, 1.82) is 0 Å². The van der Waals surface area contributed by atoms with Gasteiger partial charge in [-0.1, -0.05) is 0 Å². The zero-order chi connectivity index (χ0) is 22.9. The number of rotatable bonds is 6. The molecule has 1 saturated carbocycles. The Morgan fingerprint density at radius 3 is 2.65 bits per heavy atom. The third-order valence-electron chi connectivity index (χ3n) is 8.64. The molecule has 3 aliphatic rings. The van der Waals surface area contributed by atoms with Gasteiger partial charge in [-0.05, 0) is 101 Å². The molecule has 3 aromatic heterocycles. The summed E-state index contributed by atoms with van der Waals surface area (Å²) in [5.74, 6) is 1.96. The maximum absolute atomic E-state index is 13.2. The van der Waals surface area contributed by atoms with Gasteiger partial charge in [0, 0.05) is 42.2 Å². The average molecular weight is 460 g/mol. The van der Waals surface area contributed by atoms with Crippen molar-refractivity contribution in [3.05, 3.63) is 36.3 Å². The highest BCUT2D eigenvalue weighted by Gasteiger charge is 2.31. The predicted octanol–water partition coefficient (Wildman–Crippen LogP) is 4.76. The molecule has 6 heteroatoms. The average Bonchev–Trinajstić information content (AvgIpc) is 3.56. The highest BCUT2D eigenvalue weighted by atomic mass is 16.1. The number of nitrogens with one attached hydrogen (secondary N) is 1. The zero-order valence-electron chi connectivity index (χ0n) is 20.2. The minimum absolute atomic E-state index is 0.234. The van der Waals surface area contributed by atoms with Gasteiger partial charge in [-0.3, -0.25) is 14.7 Å². The monoisotopic (exact) mass is 459 g/mol. The third-order valence-corrected chi connectivity index (χ3v) is 8.64. The van der Waals surface area contributed by atoms with Gasteiger partial charge < -0.3 is 9.88 Å². The normalized spacial score (nSPS) is 27.0. The smallest absolute Gasteiger partial charge is 0.149 e. The number of likely N-dealkylation sites (tertiary alicyclic amines) is 2. The van der Waals surface area contributed by atoms with Crippen molar-refractivity contribution in [1.82, 2.24) is 24.8 Å². The van der Waals surface area contributed by atoms with Crippen molar-refractivity contribution in [3.8, 4) is 0 Å². The molecule has 34 heavy (non-hydrogen) atoms. The van der Waals surface area contributed by atoms with E-state index in [1.54, 1.807) is 0 Å². The molecule has 3 aromatic rings. The van der Waals surface area contributed by atoms with Crippen molar-refractivity contribution in [2.45, 2.75) is 57.3 Å². The van der Waals surface area contributed by atoms with E-state index in [2.05, 4.69) is 36.9 Å². The first-order chi connectivity index (χ1) is 16.7. The number of piperidine rings is 1. The summed E-state index contributed by atoms with van der Waals surface area (Å²) in [5.41, 5.74) is 3.27. The van der Waals surface area contributed by atoms with Crippen molar-refractivity contribution in [2.24, 2.45) is 11.8 Å². The first kappa shape index (κ1) is 22.2. The molecule has 6 nitrogen and oxygen atoms in total. The molecule has 0 bridgehead atoms. The van der Waals surface area contributed by atoms with E-state index in [1.165, 1.54) is 56.3 Å². The third kappa shape index (κ3) is 4.50. The Kier molecular flexibility index (Phi) is 6.35. The van der Waals surface area contributed by atoms with Crippen LogP contribution >= 0.6 is 0 Å². The lowest BCUT2D eigenvalue weighted by Crippen LogP contribution is -2.43. The molecular weight excluding hydrogens is 422 g/mol. The lowest BCUT2D eigenvalue weighted by atomic mass is 9.76. The Morgan fingerprint density at radius 2 is 1.79 bits per heavy atom. The van der Waals surface area contributed by atoms with Gasteiger partial charge in [-0.2, -0.15) is 0 Å². The fraction of sp³-hybridized carbons (Fsp3) is 0.607. The lowest BCUT2D eigenvalue weighted by molar-refractivity contribution is -0.125. The molecule has 180 valence electrons. The maximum Gasteiger partial charge on any atom is 0.149 e. The molecule has 0 aromatic carbocycles. The Labute approximate surface area is 202 Å². The summed E-state index contributed by atoms with van der Waals surface area (Å²) in [6.45, 7) is 6.66. The molecular formula is C28H37N5O. The number of aromatic nitrogens is 3. The number of Topliss-reactive ketones (excluding diaryl/α,β-unsaturated/α-hetero) is 1. The zero-order valence-corrected chi connectivity index (χ0v) is 20.2. The molecule has 1 aliphatic carbocycles. The highest BCUT2D eigenvalue weighted by Crippen LogP contribution is 2.40. The van der Waals surface area contributed by atoms with Crippen LogP contribution in [-0.2, 0) is 4.79 Å². The van der Waals surface area contributed by atoms with Crippen LogP contribution in [0.25, 0.3) is 21.9 Å². The summed E-state index contributed by atoms with van der Waals surface area (Å²) in [6, 6.07) is 4.30. The van der Waals surface area contributed by atoms with Crippen LogP contribution in [-0.4, -0.2) is 69.8 Å². The minimum atomic E-state index is 0.234. The number of H-pyrrole nitrogens is 1. The van der Waals surface area contributed by atoms with Crippen LogP contribution < -0.4 is 0 Å². The van der Waals surface area contributed by atoms with Crippen LogP contribution in [0.5, 0.6) is 0 Å². The second-order valence-corrected chi connectivity index (χ2v) is 10.9. The summed E-state index contributed by atoms with van der Waals surface area (Å²) in [7, 11) is 0. The largest absolute Gasteiger partial charge is 0.346 e.